The number of hydrogen-bond donors (Lipinski definition) is 1. The van der Waals surface area contributed by atoms with E-state index in [1.54, 1.807) is 0 Å². The highest BCUT2D eigenvalue weighted by Crippen LogP contribution is 2.65. The second-order valence-corrected chi connectivity index (χ2v) is 10.5. The zero-order chi connectivity index (χ0) is 18.0. The molecule has 4 aliphatic rings. The van der Waals surface area contributed by atoms with E-state index in [1.165, 1.54) is 0 Å². The molecular formula is C19H30O5S. The molecule has 4 aliphatic carbocycles. The van der Waals surface area contributed by atoms with E-state index in [1.807, 2.05) is 0 Å². The van der Waals surface area contributed by atoms with Crippen molar-refractivity contribution in [2.75, 3.05) is 0 Å². The van der Waals surface area contributed by atoms with Crippen molar-refractivity contribution in [3.8, 4) is 0 Å². The summed E-state index contributed by atoms with van der Waals surface area (Å²) in [6, 6.07) is 0. The van der Waals surface area contributed by atoms with E-state index in [0.717, 1.165) is 51.4 Å². The lowest BCUT2D eigenvalue weighted by Gasteiger charge is -2.60. The maximum absolute atomic E-state index is 12.4. The standard InChI is InChI=1S/C19H30O5S/c1-18-9-7-13(24-25(21,22)23)11-12(18)3-4-14-15-5-6-17(20)19(15,2)10-8-16(14)18/h12-16H,3-11H2,1-2H3,(H,21,22,23)/t12-,13+,14-,15+,16-,18-,19+/m0/s1. The number of ketones is 1. The van der Waals surface area contributed by atoms with E-state index in [4.69, 9.17) is 8.74 Å². The van der Waals surface area contributed by atoms with E-state index < -0.39 is 10.4 Å². The first-order chi connectivity index (χ1) is 11.6. The monoisotopic (exact) mass is 370 g/mol. The molecule has 0 heterocycles. The van der Waals surface area contributed by atoms with Crippen LogP contribution in [0, 0.1) is 34.5 Å². The van der Waals surface area contributed by atoms with Gasteiger partial charge in [-0.3, -0.25) is 9.35 Å². The minimum absolute atomic E-state index is 0.0877. The molecule has 1 N–H and O–H groups in total. The molecule has 4 rings (SSSR count). The SMILES string of the molecule is C[C@]12CC[C@@H](OS(=O)(=O)O)C[C@@H]1CC[C@H]1[C@H]3CCC(=O)[C@]3(C)CC[C@@H]12. The first-order valence-corrected chi connectivity index (χ1v) is 11.2. The molecule has 25 heavy (non-hydrogen) atoms. The van der Waals surface area contributed by atoms with E-state index in [2.05, 4.69) is 13.8 Å². The van der Waals surface area contributed by atoms with Crippen LogP contribution in [-0.4, -0.2) is 24.9 Å². The lowest BCUT2D eigenvalue weighted by Crippen LogP contribution is -2.54. The van der Waals surface area contributed by atoms with Crippen LogP contribution in [0.25, 0.3) is 0 Å². The molecule has 4 saturated carbocycles. The van der Waals surface area contributed by atoms with E-state index >= 15 is 0 Å². The summed E-state index contributed by atoms with van der Waals surface area (Å²) < 4.78 is 36.0. The predicted octanol–water partition coefficient (Wildman–Crippen LogP) is 3.79. The van der Waals surface area contributed by atoms with Gasteiger partial charge < -0.3 is 0 Å². The Hall–Kier alpha value is -0.460. The number of carbonyl (C=O) groups excluding carboxylic acids is 1. The number of Topliss-reactive ketones (excluding diaryl/α,β-unsaturated/α-hetero) is 1. The van der Waals surface area contributed by atoms with Gasteiger partial charge in [0, 0.05) is 11.8 Å². The van der Waals surface area contributed by atoms with Crippen LogP contribution in [0.5, 0.6) is 0 Å². The van der Waals surface area contributed by atoms with Crippen LogP contribution in [0.1, 0.15) is 71.6 Å². The molecule has 0 aliphatic heterocycles. The molecule has 6 heteroatoms. The molecule has 0 spiro atoms. The van der Waals surface area contributed by atoms with Crippen molar-refractivity contribution in [1.29, 1.82) is 0 Å². The molecule has 0 radical (unpaired) electrons. The van der Waals surface area contributed by atoms with Gasteiger partial charge in [-0.1, -0.05) is 13.8 Å². The van der Waals surface area contributed by atoms with Crippen molar-refractivity contribution in [3.63, 3.8) is 0 Å². The molecule has 0 aromatic rings. The third-order valence-electron chi connectivity index (χ3n) is 8.58. The molecule has 0 aromatic heterocycles. The number of carbonyl (C=O) groups is 1. The van der Waals surface area contributed by atoms with Crippen molar-refractivity contribution < 1.29 is 21.9 Å². The molecule has 4 fully saturated rings. The van der Waals surface area contributed by atoms with Gasteiger partial charge in [-0.25, -0.2) is 4.18 Å². The van der Waals surface area contributed by atoms with Crippen molar-refractivity contribution >= 4 is 16.2 Å². The minimum Gasteiger partial charge on any atom is -0.299 e. The molecule has 0 aromatic carbocycles. The van der Waals surface area contributed by atoms with Gasteiger partial charge in [-0.15, -0.1) is 0 Å². The van der Waals surface area contributed by atoms with Crippen molar-refractivity contribution in [3.05, 3.63) is 0 Å². The second-order valence-electron chi connectivity index (χ2n) is 9.50. The summed E-state index contributed by atoms with van der Waals surface area (Å²) in [5, 5.41) is 0. The highest BCUT2D eigenvalue weighted by molar-refractivity contribution is 7.80. The van der Waals surface area contributed by atoms with Gasteiger partial charge in [-0.2, -0.15) is 8.42 Å². The summed E-state index contributed by atoms with van der Waals surface area (Å²) in [4.78, 5) is 12.4. The van der Waals surface area contributed by atoms with Gasteiger partial charge in [-0.05, 0) is 80.5 Å². The highest BCUT2D eigenvalue weighted by Gasteiger charge is 2.60. The fourth-order valence-corrected chi connectivity index (χ4v) is 7.77. The van der Waals surface area contributed by atoms with E-state index in [9.17, 15) is 13.2 Å². The molecule has 0 saturated heterocycles. The molecule has 7 atom stereocenters. The fraction of sp³-hybridized carbons (Fsp3) is 0.947. The zero-order valence-electron chi connectivity index (χ0n) is 15.2. The average molecular weight is 371 g/mol. The van der Waals surface area contributed by atoms with Gasteiger partial charge >= 0.3 is 10.4 Å². The molecule has 5 nitrogen and oxygen atoms in total. The minimum atomic E-state index is -4.37. The summed E-state index contributed by atoms with van der Waals surface area (Å²) >= 11 is 0. The van der Waals surface area contributed by atoms with Crippen LogP contribution < -0.4 is 0 Å². The van der Waals surface area contributed by atoms with Crippen molar-refractivity contribution in [1.82, 2.24) is 0 Å². The van der Waals surface area contributed by atoms with Gasteiger partial charge in [0.05, 0.1) is 6.10 Å². The summed E-state index contributed by atoms with van der Waals surface area (Å²) in [5.74, 6) is 2.76. The smallest absolute Gasteiger partial charge is 0.299 e. The Morgan fingerprint density at radius 2 is 1.80 bits per heavy atom. The number of rotatable bonds is 2. The number of hydrogen-bond acceptors (Lipinski definition) is 4. The maximum Gasteiger partial charge on any atom is 0.397 e. The Morgan fingerprint density at radius 3 is 2.52 bits per heavy atom. The summed E-state index contributed by atoms with van der Waals surface area (Å²) in [6.07, 6.45) is 8.19. The first kappa shape index (κ1) is 17.9. The summed E-state index contributed by atoms with van der Waals surface area (Å²) in [6.45, 7) is 4.59. The highest BCUT2D eigenvalue weighted by atomic mass is 32.3. The predicted molar refractivity (Wildman–Crippen MR) is 93.2 cm³/mol. The lowest BCUT2D eigenvalue weighted by atomic mass is 9.45. The van der Waals surface area contributed by atoms with Gasteiger partial charge in [0.2, 0.25) is 0 Å². The second kappa shape index (κ2) is 5.77. The third kappa shape index (κ3) is 2.79. The van der Waals surface area contributed by atoms with Crippen LogP contribution in [0.2, 0.25) is 0 Å². The molecular weight excluding hydrogens is 340 g/mol. The van der Waals surface area contributed by atoms with E-state index in [0.29, 0.717) is 35.9 Å². The Bertz CT molecular complexity index is 673. The molecule has 0 bridgehead atoms. The van der Waals surface area contributed by atoms with Gasteiger partial charge in [0.1, 0.15) is 5.78 Å². The van der Waals surface area contributed by atoms with Crippen LogP contribution >= 0.6 is 0 Å². The largest absolute Gasteiger partial charge is 0.397 e. The lowest BCUT2D eigenvalue weighted by molar-refractivity contribution is -0.141. The van der Waals surface area contributed by atoms with Gasteiger partial charge in [0.15, 0.2) is 0 Å². The Kier molecular flexibility index (Phi) is 4.14. The topological polar surface area (TPSA) is 80.7 Å². The van der Waals surface area contributed by atoms with E-state index in [-0.39, 0.29) is 16.9 Å². The van der Waals surface area contributed by atoms with Crippen LogP contribution in [0.4, 0.5) is 0 Å². The maximum atomic E-state index is 12.4. The Labute approximate surface area is 150 Å². The van der Waals surface area contributed by atoms with Crippen LogP contribution in [0.15, 0.2) is 0 Å². The summed E-state index contributed by atoms with van der Waals surface area (Å²) in [5.41, 5.74) is 0.130. The molecule has 0 unspecified atom stereocenters. The average Bonchev–Trinajstić information content (AvgIpc) is 2.82. The van der Waals surface area contributed by atoms with Crippen LogP contribution in [0.3, 0.4) is 0 Å². The Balaban J connectivity index is 1.54. The quantitative estimate of drug-likeness (QED) is 0.748. The van der Waals surface area contributed by atoms with Crippen LogP contribution in [-0.2, 0) is 19.4 Å². The summed E-state index contributed by atoms with van der Waals surface area (Å²) in [7, 11) is -4.37. The van der Waals surface area contributed by atoms with Crippen molar-refractivity contribution in [2.24, 2.45) is 34.5 Å². The first-order valence-electron chi connectivity index (χ1n) is 9.82. The molecule has 142 valence electrons. The number of fused-ring (bicyclic) bond motifs is 5. The third-order valence-corrected chi connectivity index (χ3v) is 9.10. The van der Waals surface area contributed by atoms with Gasteiger partial charge in [0.25, 0.3) is 0 Å². The Morgan fingerprint density at radius 1 is 1.04 bits per heavy atom. The normalized spacial score (nSPS) is 50.0. The zero-order valence-corrected chi connectivity index (χ0v) is 16.1. The molecule has 0 amide bonds. The van der Waals surface area contributed by atoms with Crippen molar-refractivity contribution in [2.45, 2.75) is 77.7 Å². The fourth-order valence-electron chi connectivity index (χ4n) is 7.25.